The maximum Gasteiger partial charge on any atom is 0.346 e. The number of ether oxygens (including phenoxy) is 2. The van der Waals surface area contributed by atoms with E-state index in [0.717, 1.165) is 55.0 Å². The minimum atomic E-state index is -1.51. The number of benzene rings is 3. The van der Waals surface area contributed by atoms with Crippen LogP contribution in [0.5, 0.6) is 0 Å². The number of carbonyl (C=O) groups is 5. The molecule has 1 N–H and O–H groups in total. The third kappa shape index (κ3) is 5.65. The molecule has 8 nitrogen and oxygen atoms in total. The van der Waals surface area contributed by atoms with Crippen molar-refractivity contribution in [2.45, 2.75) is 38.5 Å². The van der Waals surface area contributed by atoms with Gasteiger partial charge >= 0.3 is 29.8 Å². The Kier molecular flexibility index (Phi) is 7.36. The zero-order valence-electron chi connectivity index (χ0n) is 21.1. The highest BCUT2D eigenvalue weighted by atomic mass is 16.6. The Balaban J connectivity index is 1.54. The molecule has 1 fully saturated rings. The van der Waals surface area contributed by atoms with Crippen LogP contribution in [0.2, 0.25) is 0 Å². The molecule has 0 atom stereocenters. The maximum atomic E-state index is 13.0. The minimum Gasteiger partial charge on any atom is -0.478 e. The summed E-state index contributed by atoms with van der Waals surface area (Å²) in [5, 5.41) is 9.70. The van der Waals surface area contributed by atoms with E-state index >= 15 is 0 Å². The Labute approximate surface area is 224 Å². The Morgan fingerprint density at radius 2 is 1.08 bits per heavy atom. The van der Waals surface area contributed by atoms with E-state index in [2.05, 4.69) is 0 Å². The highest BCUT2D eigenvalue weighted by Crippen LogP contribution is 2.34. The van der Waals surface area contributed by atoms with Crippen molar-refractivity contribution in [2.75, 3.05) is 0 Å². The van der Waals surface area contributed by atoms with E-state index in [1.807, 2.05) is 24.3 Å². The first-order valence-electron chi connectivity index (χ1n) is 12.9. The molecule has 8 rings (SSSR count). The third-order valence-electron chi connectivity index (χ3n) is 7.53. The molecular weight excluding hydrogens is 500 g/mol. The number of aromatic carboxylic acids is 1. The van der Waals surface area contributed by atoms with Gasteiger partial charge in [-0.2, -0.15) is 0 Å². The molecule has 3 aromatic rings. The van der Waals surface area contributed by atoms with Crippen molar-refractivity contribution in [2.24, 2.45) is 11.8 Å². The largest absolute Gasteiger partial charge is 0.478 e. The van der Waals surface area contributed by atoms with Crippen LogP contribution in [0.3, 0.4) is 0 Å². The molecule has 0 aromatic heterocycles. The number of esters is 4. The summed E-state index contributed by atoms with van der Waals surface area (Å²) >= 11 is 0. The van der Waals surface area contributed by atoms with Crippen molar-refractivity contribution in [3.63, 3.8) is 0 Å². The van der Waals surface area contributed by atoms with E-state index in [9.17, 15) is 29.1 Å². The van der Waals surface area contributed by atoms with Gasteiger partial charge in [0.25, 0.3) is 0 Å². The van der Waals surface area contributed by atoms with E-state index < -0.39 is 41.0 Å². The van der Waals surface area contributed by atoms with Crippen molar-refractivity contribution in [1.82, 2.24) is 0 Å². The van der Waals surface area contributed by atoms with Gasteiger partial charge in [0, 0.05) is 0 Å². The van der Waals surface area contributed by atoms with Crippen LogP contribution in [0.25, 0.3) is 0 Å². The molecule has 3 aromatic carbocycles. The van der Waals surface area contributed by atoms with Crippen LogP contribution in [0.1, 0.15) is 88.6 Å². The first kappa shape index (κ1) is 26.0. The lowest BCUT2D eigenvalue weighted by Crippen LogP contribution is -2.22. The average molecular weight is 527 g/mol. The Hall–Kier alpha value is -4.59. The highest BCUT2D eigenvalue weighted by molar-refractivity contribution is 6.10. The Bertz CT molecular complexity index is 1480. The Morgan fingerprint density at radius 1 is 0.615 bits per heavy atom. The van der Waals surface area contributed by atoms with Gasteiger partial charge in [-0.1, -0.05) is 36.4 Å². The summed E-state index contributed by atoms with van der Waals surface area (Å²) in [5.74, 6) is -4.76. The van der Waals surface area contributed by atoms with Crippen molar-refractivity contribution < 1.29 is 38.6 Å². The van der Waals surface area contributed by atoms with Gasteiger partial charge < -0.3 is 14.6 Å². The van der Waals surface area contributed by atoms with Crippen LogP contribution in [-0.2, 0) is 22.3 Å². The lowest BCUT2D eigenvalue weighted by Gasteiger charge is -2.29. The summed E-state index contributed by atoms with van der Waals surface area (Å²) < 4.78 is 10.2. The molecule has 4 heterocycles. The molecule has 198 valence electrons. The molecule has 1 aliphatic carbocycles. The standard InChI is InChI=1S/C31H26O8/c32-27(33)26-17-22-13-14-25(26)31(37)39-30(36)24-8-4-2-6-21(24)16-19-11-9-18(10-12-19)15-20-5-1-3-7-23(20)29(35)38-28(22)34/h1-8,13-14,17-19H,9-12,15-16H2,(H,32,33). The van der Waals surface area contributed by atoms with E-state index in [0.29, 0.717) is 24.7 Å². The van der Waals surface area contributed by atoms with E-state index in [-0.39, 0.29) is 16.7 Å². The molecule has 0 unspecified atom stereocenters. The van der Waals surface area contributed by atoms with Gasteiger partial charge in [0.05, 0.1) is 27.8 Å². The molecule has 8 heteroatoms. The normalized spacial score (nSPS) is 20.0. The van der Waals surface area contributed by atoms with Crippen molar-refractivity contribution >= 4 is 29.8 Å². The van der Waals surface area contributed by atoms with Crippen molar-refractivity contribution in [1.29, 1.82) is 0 Å². The van der Waals surface area contributed by atoms with Crippen LogP contribution in [0, 0.1) is 11.8 Å². The predicted octanol–water partition coefficient (Wildman–Crippen LogP) is 5.28. The fourth-order valence-electron chi connectivity index (χ4n) is 5.48. The molecule has 5 aliphatic rings. The summed E-state index contributed by atoms with van der Waals surface area (Å²) in [6, 6.07) is 17.1. The maximum absolute atomic E-state index is 13.0. The van der Waals surface area contributed by atoms with Gasteiger partial charge in [-0.05, 0) is 91.8 Å². The number of carbonyl (C=O) groups excluding carboxylic acids is 4. The van der Waals surface area contributed by atoms with Crippen LogP contribution in [-0.4, -0.2) is 35.0 Å². The molecule has 39 heavy (non-hydrogen) atoms. The van der Waals surface area contributed by atoms with Crippen LogP contribution in [0.4, 0.5) is 0 Å². The monoisotopic (exact) mass is 526 g/mol. The fourth-order valence-corrected chi connectivity index (χ4v) is 5.48. The summed E-state index contributed by atoms with van der Waals surface area (Å²) in [5.41, 5.74) is 0.887. The molecule has 4 aliphatic heterocycles. The second-order valence-electron chi connectivity index (χ2n) is 10.0. The fraction of sp³-hybridized carbons (Fsp3) is 0.258. The Morgan fingerprint density at radius 3 is 1.59 bits per heavy atom. The second kappa shape index (κ2) is 11.0. The average Bonchev–Trinajstić information content (AvgIpc) is 2.93. The van der Waals surface area contributed by atoms with E-state index in [1.54, 1.807) is 24.3 Å². The molecule has 0 radical (unpaired) electrons. The van der Waals surface area contributed by atoms with Gasteiger partial charge in [-0.15, -0.1) is 0 Å². The highest BCUT2D eigenvalue weighted by Gasteiger charge is 2.28. The van der Waals surface area contributed by atoms with Gasteiger partial charge in [0.15, 0.2) is 0 Å². The number of carboxylic acids is 1. The lowest BCUT2D eigenvalue weighted by molar-refractivity contribution is 0.0373. The minimum absolute atomic E-state index is 0.237. The number of rotatable bonds is 1. The first-order chi connectivity index (χ1) is 18.8. The zero-order valence-corrected chi connectivity index (χ0v) is 21.1. The molecule has 1 saturated carbocycles. The topological polar surface area (TPSA) is 124 Å². The lowest BCUT2D eigenvalue weighted by atomic mass is 9.76. The molecular formula is C31H26O8. The summed E-state index contributed by atoms with van der Waals surface area (Å²) in [7, 11) is 0. The predicted molar refractivity (Wildman–Crippen MR) is 139 cm³/mol. The van der Waals surface area contributed by atoms with E-state index in [1.165, 1.54) is 0 Å². The summed E-state index contributed by atoms with van der Waals surface area (Å²) in [6.07, 6.45) is 5.07. The van der Waals surface area contributed by atoms with Gasteiger partial charge in [-0.25, -0.2) is 24.0 Å². The van der Waals surface area contributed by atoms with Gasteiger partial charge in [-0.3, -0.25) is 0 Å². The van der Waals surface area contributed by atoms with Crippen LogP contribution < -0.4 is 0 Å². The van der Waals surface area contributed by atoms with Gasteiger partial charge in [0.1, 0.15) is 0 Å². The second-order valence-corrected chi connectivity index (χ2v) is 10.0. The van der Waals surface area contributed by atoms with E-state index in [4.69, 9.17) is 9.47 Å². The molecule has 0 amide bonds. The van der Waals surface area contributed by atoms with Crippen molar-refractivity contribution in [3.8, 4) is 0 Å². The number of hydrogen-bond acceptors (Lipinski definition) is 7. The first-order valence-corrected chi connectivity index (χ1v) is 12.9. The summed E-state index contributed by atoms with van der Waals surface area (Å²) in [4.78, 5) is 63.5. The third-order valence-corrected chi connectivity index (χ3v) is 7.53. The molecule has 0 saturated heterocycles. The SMILES string of the molecule is O=C1OC(=O)c2ccccc2CC2CCC(CC2)Cc2ccccc2C(=O)OC(=O)c2ccc1cc2C(=O)O. The summed E-state index contributed by atoms with van der Waals surface area (Å²) in [6.45, 7) is 0. The smallest absolute Gasteiger partial charge is 0.346 e. The quantitative estimate of drug-likeness (QED) is 0.335. The van der Waals surface area contributed by atoms with Crippen molar-refractivity contribution in [3.05, 3.63) is 106 Å². The van der Waals surface area contributed by atoms with Crippen LogP contribution >= 0.6 is 0 Å². The van der Waals surface area contributed by atoms with Crippen LogP contribution in [0.15, 0.2) is 66.7 Å². The molecule has 4 bridgehead atoms. The number of carboxylic acid groups (broad SMARTS) is 1. The molecule has 0 spiro atoms. The van der Waals surface area contributed by atoms with Gasteiger partial charge in [0.2, 0.25) is 0 Å². The number of hydrogen-bond donors (Lipinski definition) is 1. The zero-order chi connectivity index (χ0) is 27.5.